The average Bonchev–Trinajstić information content (AvgIpc) is 2.67. The standard InChI is InChI=1S/C20H23NO4/c1-14(24-3)21(15(2)25-4)20(23)18-13-9-8-12-17(18)19(22)16-10-6-5-7-11-16/h5-15H,1-4H3. The lowest BCUT2D eigenvalue weighted by atomic mass is 9.97. The van der Waals surface area contributed by atoms with Crippen molar-refractivity contribution in [3.63, 3.8) is 0 Å². The van der Waals surface area contributed by atoms with Gasteiger partial charge in [-0.05, 0) is 19.9 Å². The number of carbonyl (C=O) groups is 2. The number of ketones is 1. The molecule has 5 heteroatoms. The lowest BCUT2D eigenvalue weighted by Gasteiger charge is -2.33. The molecule has 0 aromatic heterocycles. The second kappa shape index (κ2) is 8.55. The van der Waals surface area contributed by atoms with Crippen molar-refractivity contribution in [3.05, 3.63) is 71.3 Å². The Kier molecular flexibility index (Phi) is 6.44. The fraction of sp³-hybridized carbons (Fsp3) is 0.300. The van der Waals surface area contributed by atoms with E-state index in [0.29, 0.717) is 16.7 Å². The molecule has 2 aromatic rings. The molecular formula is C20H23NO4. The van der Waals surface area contributed by atoms with Gasteiger partial charge in [-0.15, -0.1) is 0 Å². The maximum Gasteiger partial charge on any atom is 0.258 e. The number of carbonyl (C=O) groups excluding carboxylic acids is 2. The van der Waals surface area contributed by atoms with Crippen molar-refractivity contribution in [2.24, 2.45) is 0 Å². The van der Waals surface area contributed by atoms with Crippen LogP contribution in [0.15, 0.2) is 54.6 Å². The third-order valence-corrected chi connectivity index (χ3v) is 4.14. The zero-order chi connectivity index (χ0) is 18.4. The number of benzene rings is 2. The minimum atomic E-state index is -0.498. The lowest BCUT2D eigenvalue weighted by molar-refractivity contribution is -0.0931. The Labute approximate surface area is 148 Å². The topological polar surface area (TPSA) is 55.8 Å². The van der Waals surface area contributed by atoms with Gasteiger partial charge in [-0.2, -0.15) is 0 Å². The number of rotatable bonds is 7. The van der Waals surface area contributed by atoms with Crippen LogP contribution in [0.3, 0.4) is 0 Å². The predicted octanol–water partition coefficient (Wildman–Crippen LogP) is 3.34. The summed E-state index contributed by atoms with van der Waals surface area (Å²) in [5.41, 5.74) is 1.22. The maximum absolute atomic E-state index is 13.1. The van der Waals surface area contributed by atoms with Gasteiger partial charge >= 0.3 is 0 Å². The second-order valence-electron chi connectivity index (χ2n) is 5.62. The molecule has 2 atom stereocenters. The Morgan fingerprint density at radius 2 is 1.28 bits per heavy atom. The highest BCUT2D eigenvalue weighted by Crippen LogP contribution is 2.20. The molecule has 0 bridgehead atoms. The summed E-state index contributed by atoms with van der Waals surface area (Å²) < 4.78 is 10.6. The van der Waals surface area contributed by atoms with Crippen LogP contribution in [0.25, 0.3) is 0 Å². The van der Waals surface area contributed by atoms with Crippen molar-refractivity contribution in [2.75, 3.05) is 14.2 Å². The first-order chi connectivity index (χ1) is 12.0. The van der Waals surface area contributed by atoms with Crippen molar-refractivity contribution >= 4 is 11.7 Å². The van der Waals surface area contributed by atoms with Crippen molar-refractivity contribution in [3.8, 4) is 0 Å². The first-order valence-corrected chi connectivity index (χ1v) is 8.08. The average molecular weight is 341 g/mol. The van der Waals surface area contributed by atoms with E-state index >= 15 is 0 Å². The summed E-state index contributed by atoms with van der Waals surface area (Å²) in [6, 6.07) is 15.7. The fourth-order valence-electron chi connectivity index (χ4n) is 2.60. The number of ether oxygens (including phenoxy) is 2. The summed E-state index contributed by atoms with van der Waals surface area (Å²) in [5.74, 6) is -0.511. The van der Waals surface area contributed by atoms with Crippen LogP contribution in [0.1, 0.15) is 40.1 Å². The van der Waals surface area contributed by atoms with Crippen molar-refractivity contribution < 1.29 is 19.1 Å². The fourth-order valence-corrected chi connectivity index (χ4v) is 2.60. The summed E-state index contributed by atoms with van der Waals surface area (Å²) in [5, 5.41) is 0. The molecule has 2 rings (SSSR count). The lowest BCUT2D eigenvalue weighted by Crippen LogP contribution is -2.46. The quantitative estimate of drug-likeness (QED) is 0.572. The largest absolute Gasteiger partial charge is 0.362 e. The number of nitrogens with zero attached hydrogens (tertiary/aromatic N) is 1. The molecule has 2 unspecified atom stereocenters. The summed E-state index contributed by atoms with van der Waals surface area (Å²) in [6.07, 6.45) is -0.996. The molecular weight excluding hydrogens is 318 g/mol. The first-order valence-electron chi connectivity index (χ1n) is 8.08. The van der Waals surface area contributed by atoms with Crippen LogP contribution in [-0.2, 0) is 9.47 Å². The molecule has 0 heterocycles. The van der Waals surface area contributed by atoms with Gasteiger partial charge in [0.2, 0.25) is 0 Å². The number of hydrogen-bond donors (Lipinski definition) is 0. The Balaban J connectivity index is 2.45. The van der Waals surface area contributed by atoms with Crippen LogP contribution in [0.4, 0.5) is 0 Å². The molecule has 0 N–H and O–H groups in total. The van der Waals surface area contributed by atoms with Crippen LogP contribution >= 0.6 is 0 Å². The monoisotopic (exact) mass is 341 g/mol. The number of amides is 1. The SMILES string of the molecule is COC(C)N(C(=O)c1ccccc1C(=O)c1ccccc1)C(C)OC. The van der Waals surface area contributed by atoms with E-state index in [1.54, 1.807) is 62.4 Å². The molecule has 0 aliphatic rings. The zero-order valence-electron chi connectivity index (χ0n) is 14.9. The first kappa shape index (κ1) is 18.8. The number of hydrogen-bond acceptors (Lipinski definition) is 4. The summed E-state index contributed by atoms with van der Waals surface area (Å²) in [6.45, 7) is 3.52. The predicted molar refractivity (Wildman–Crippen MR) is 95.4 cm³/mol. The van der Waals surface area contributed by atoms with E-state index in [9.17, 15) is 9.59 Å². The molecule has 0 saturated carbocycles. The van der Waals surface area contributed by atoms with Gasteiger partial charge in [-0.25, -0.2) is 0 Å². The molecule has 25 heavy (non-hydrogen) atoms. The minimum Gasteiger partial charge on any atom is -0.362 e. The Bertz CT molecular complexity index is 719. The van der Waals surface area contributed by atoms with Gasteiger partial charge in [0.05, 0.1) is 5.56 Å². The molecule has 132 valence electrons. The summed E-state index contributed by atoms with van der Waals surface area (Å²) in [4.78, 5) is 27.4. The maximum atomic E-state index is 13.1. The third-order valence-electron chi connectivity index (χ3n) is 4.14. The summed E-state index contributed by atoms with van der Waals surface area (Å²) in [7, 11) is 3.04. The molecule has 2 aromatic carbocycles. The second-order valence-corrected chi connectivity index (χ2v) is 5.62. The van der Waals surface area contributed by atoms with Crippen molar-refractivity contribution in [2.45, 2.75) is 26.3 Å². The van der Waals surface area contributed by atoms with Gasteiger partial charge in [0.25, 0.3) is 5.91 Å². The summed E-state index contributed by atoms with van der Waals surface area (Å²) >= 11 is 0. The molecule has 0 fully saturated rings. The zero-order valence-corrected chi connectivity index (χ0v) is 14.9. The van der Waals surface area contributed by atoms with E-state index in [1.807, 2.05) is 6.07 Å². The minimum absolute atomic E-state index is 0.195. The van der Waals surface area contributed by atoms with Crippen LogP contribution in [0, 0.1) is 0 Å². The van der Waals surface area contributed by atoms with Crippen LogP contribution in [0.5, 0.6) is 0 Å². The Morgan fingerprint density at radius 1 is 0.800 bits per heavy atom. The third kappa shape index (κ3) is 4.13. The van der Waals surface area contributed by atoms with Crippen LogP contribution in [0.2, 0.25) is 0 Å². The smallest absolute Gasteiger partial charge is 0.258 e. The van der Waals surface area contributed by atoms with E-state index in [0.717, 1.165) is 0 Å². The molecule has 0 aliphatic heterocycles. The van der Waals surface area contributed by atoms with Crippen molar-refractivity contribution in [1.29, 1.82) is 0 Å². The van der Waals surface area contributed by atoms with E-state index in [2.05, 4.69) is 0 Å². The molecule has 0 spiro atoms. The molecule has 1 amide bonds. The van der Waals surface area contributed by atoms with Gasteiger partial charge in [0, 0.05) is 25.3 Å². The van der Waals surface area contributed by atoms with Gasteiger partial charge in [-0.1, -0.05) is 48.5 Å². The van der Waals surface area contributed by atoms with Crippen LogP contribution in [-0.4, -0.2) is 43.3 Å². The van der Waals surface area contributed by atoms with Crippen molar-refractivity contribution in [1.82, 2.24) is 4.90 Å². The van der Waals surface area contributed by atoms with Crippen LogP contribution < -0.4 is 0 Å². The van der Waals surface area contributed by atoms with E-state index < -0.39 is 12.5 Å². The highest BCUT2D eigenvalue weighted by molar-refractivity contribution is 6.15. The van der Waals surface area contributed by atoms with E-state index in [4.69, 9.17) is 9.47 Å². The Hall–Kier alpha value is -2.50. The van der Waals surface area contributed by atoms with Gasteiger partial charge in [0.1, 0.15) is 12.5 Å². The van der Waals surface area contributed by atoms with E-state index in [1.165, 1.54) is 19.1 Å². The molecule has 0 saturated heterocycles. The van der Waals surface area contributed by atoms with E-state index in [-0.39, 0.29) is 11.7 Å². The van der Waals surface area contributed by atoms with Gasteiger partial charge in [-0.3, -0.25) is 14.5 Å². The molecule has 0 radical (unpaired) electrons. The normalized spacial score (nSPS) is 13.1. The Morgan fingerprint density at radius 3 is 1.80 bits per heavy atom. The highest BCUT2D eigenvalue weighted by atomic mass is 16.5. The molecule has 5 nitrogen and oxygen atoms in total. The highest BCUT2D eigenvalue weighted by Gasteiger charge is 2.29. The molecule has 0 aliphatic carbocycles. The van der Waals surface area contributed by atoms with Gasteiger partial charge in [0.15, 0.2) is 5.78 Å². The number of methoxy groups -OCH3 is 2. The van der Waals surface area contributed by atoms with Gasteiger partial charge < -0.3 is 9.47 Å².